The molecule has 1 fully saturated rings. The number of imidazole rings is 1. The predicted molar refractivity (Wildman–Crippen MR) is 64.4 cm³/mol. The van der Waals surface area contributed by atoms with Crippen LogP contribution in [0.4, 0.5) is 0 Å². The molecule has 2 rings (SSSR count). The number of hydrogen-bond donors (Lipinski definition) is 2. The number of nitrogens with one attached hydrogen (secondary N) is 1. The van der Waals surface area contributed by atoms with Gasteiger partial charge in [-0.25, -0.2) is 4.98 Å². The minimum absolute atomic E-state index is 0. The van der Waals surface area contributed by atoms with Crippen LogP contribution in [-0.4, -0.2) is 15.5 Å². The van der Waals surface area contributed by atoms with E-state index in [9.17, 15) is 0 Å². The standard InChI is InChI=1S/C11H19N3.ClH/c1-11(2,12)6-10-13-7-9(14-10)8-4-3-5-8;/h7-8H,3-6,12H2,1-2H3,(H,13,14);1H. The highest BCUT2D eigenvalue weighted by atomic mass is 35.5. The zero-order valence-corrected chi connectivity index (χ0v) is 10.2. The number of halogens is 1. The zero-order valence-electron chi connectivity index (χ0n) is 9.42. The molecule has 1 aliphatic carbocycles. The fraction of sp³-hybridized carbons (Fsp3) is 0.727. The first kappa shape index (κ1) is 12.5. The third kappa shape index (κ3) is 3.21. The number of nitrogens with zero attached hydrogens (tertiary/aromatic N) is 1. The van der Waals surface area contributed by atoms with Crippen LogP contribution in [0.2, 0.25) is 0 Å². The van der Waals surface area contributed by atoms with Crippen molar-refractivity contribution in [1.29, 1.82) is 0 Å². The largest absolute Gasteiger partial charge is 0.346 e. The Morgan fingerprint density at radius 3 is 2.67 bits per heavy atom. The molecule has 1 heterocycles. The second-order valence-corrected chi connectivity index (χ2v) is 5.08. The van der Waals surface area contributed by atoms with Gasteiger partial charge < -0.3 is 10.7 Å². The lowest BCUT2D eigenvalue weighted by Crippen LogP contribution is -2.34. The van der Waals surface area contributed by atoms with E-state index in [1.54, 1.807) is 0 Å². The highest BCUT2D eigenvalue weighted by Gasteiger charge is 2.22. The summed E-state index contributed by atoms with van der Waals surface area (Å²) in [4.78, 5) is 7.75. The van der Waals surface area contributed by atoms with Crippen LogP contribution in [-0.2, 0) is 6.42 Å². The van der Waals surface area contributed by atoms with Gasteiger partial charge in [0.15, 0.2) is 0 Å². The van der Waals surface area contributed by atoms with Crippen molar-refractivity contribution in [2.45, 2.75) is 51.0 Å². The average Bonchev–Trinajstić information content (AvgIpc) is 2.28. The van der Waals surface area contributed by atoms with Gasteiger partial charge in [-0.3, -0.25) is 0 Å². The maximum absolute atomic E-state index is 5.94. The van der Waals surface area contributed by atoms with Crippen molar-refractivity contribution in [2.24, 2.45) is 5.73 Å². The molecule has 0 atom stereocenters. The Kier molecular flexibility index (Phi) is 3.79. The summed E-state index contributed by atoms with van der Waals surface area (Å²) in [5.74, 6) is 1.76. The number of H-pyrrole nitrogens is 1. The second-order valence-electron chi connectivity index (χ2n) is 5.08. The lowest BCUT2D eigenvalue weighted by molar-refractivity contribution is 0.411. The molecular weight excluding hydrogens is 210 g/mol. The van der Waals surface area contributed by atoms with E-state index in [0.717, 1.165) is 18.2 Å². The molecule has 0 radical (unpaired) electrons. The van der Waals surface area contributed by atoms with Gasteiger partial charge in [0.2, 0.25) is 0 Å². The summed E-state index contributed by atoms with van der Waals surface area (Å²) < 4.78 is 0. The maximum atomic E-state index is 5.94. The molecule has 1 aliphatic rings. The summed E-state index contributed by atoms with van der Waals surface area (Å²) in [6, 6.07) is 0. The smallest absolute Gasteiger partial charge is 0.108 e. The van der Waals surface area contributed by atoms with Crippen molar-refractivity contribution in [3.63, 3.8) is 0 Å². The SMILES string of the molecule is CC(C)(N)Cc1ncc(C2CCC2)[nH]1.Cl. The summed E-state index contributed by atoms with van der Waals surface area (Å²) in [6.07, 6.45) is 6.79. The highest BCUT2D eigenvalue weighted by molar-refractivity contribution is 5.85. The fourth-order valence-electron chi connectivity index (χ4n) is 1.83. The summed E-state index contributed by atoms with van der Waals surface area (Å²) in [7, 11) is 0. The number of aromatic nitrogens is 2. The average molecular weight is 230 g/mol. The molecule has 0 bridgehead atoms. The Morgan fingerprint density at radius 2 is 2.20 bits per heavy atom. The molecular formula is C11H20ClN3. The van der Waals surface area contributed by atoms with Crippen LogP contribution < -0.4 is 5.73 Å². The van der Waals surface area contributed by atoms with Crippen molar-refractivity contribution in [3.05, 3.63) is 17.7 Å². The highest BCUT2D eigenvalue weighted by Crippen LogP contribution is 2.35. The summed E-state index contributed by atoms with van der Waals surface area (Å²) in [5, 5.41) is 0. The van der Waals surface area contributed by atoms with Crippen molar-refractivity contribution in [2.75, 3.05) is 0 Å². The van der Waals surface area contributed by atoms with Crippen molar-refractivity contribution in [1.82, 2.24) is 9.97 Å². The van der Waals surface area contributed by atoms with Gasteiger partial charge in [-0.1, -0.05) is 6.42 Å². The van der Waals surface area contributed by atoms with E-state index < -0.39 is 0 Å². The molecule has 3 N–H and O–H groups in total. The molecule has 0 spiro atoms. The normalized spacial score (nSPS) is 17.0. The number of hydrogen-bond acceptors (Lipinski definition) is 2. The Labute approximate surface area is 97.3 Å². The van der Waals surface area contributed by atoms with E-state index in [-0.39, 0.29) is 17.9 Å². The Balaban J connectivity index is 0.00000112. The minimum Gasteiger partial charge on any atom is -0.346 e. The van der Waals surface area contributed by atoms with Gasteiger partial charge in [-0.05, 0) is 26.7 Å². The lowest BCUT2D eigenvalue weighted by atomic mass is 9.83. The van der Waals surface area contributed by atoms with Gasteiger partial charge >= 0.3 is 0 Å². The first-order valence-electron chi connectivity index (χ1n) is 5.37. The van der Waals surface area contributed by atoms with Crippen molar-refractivity contribution in [3.8, 4) is 0 Å². The molecule has 86 valence electrons. The van der Waals surface area contributed by atoms with E-state index in [4.69, 9.17) is 5.73 Å². The van der Waals surface area contributed by atoms with Gasteiger partial charge in [-0.15, -0.1) is 12.4 Å². The molecule has 1 saturated carbocycles. The minimum atomic E-state index is -0.172. The van der Waals surface area contributed by atoms with E-state index in [2.05, 4.69) is 9.97 Å². The van der Waals surface area contributed by atoms with Crippen LogP contribution in [0.1, 0.15) is 50.5 Å². The Hall–Kier alpha value is -0.540. The number of nitrogens with two attached hydrogens (primary N) is 1. The molecule has 15 heavy (non-hydrogen) atoms. The zero-order chi connectivity index (χ0) is 10.2. The molecule has 0 aromatic carbocycles. The van der Waals surface area contributed by atoms with Crippen LogP contribution in [0.3, 0.4) is 0 Å². The van der Waals surface area contributed by atoms with E-state index in [1.165, 1.54) is 25.0 Å². The summed E-state index contributed by atoms with van der Waals surface area (Å²) >= 11 is 0. The van der Waals surface area contributed by atoms with Crippen LogP contribution in [0, 0.1) is 0 Å². The second kappa shape index (κ2) is 4.54. The van der Waals surface area contributed by atoms with E-state index in [0.29, 0.717) is 0 Å². The van der Waals surface area contributed by atoms with Gasteiger partial charge in [0, 0.05) is 29.8 Å². The molecule has 3 nitrogen and oxygen atoms in total. The number of rotatable bonds is 3. The van der Waals surface area contributed by atoms with Crippen molar-refractivity contribution >= 4 is 12.4 Å². The van der Waals surface area contributed by atoms with Crippen LogP contribution in [0.25, 0.3) is 0 Å². The van der Waals surface area contributed by atoms with E-state index in [1.807, 2.05) is 20.0 Å². The van der Waals surface area contributed by atoms with Crippen molar-refractivity contribution < 1.29 is 0 Å². The number of aromatic amines is 1. The maximum Gasteiger partial charge on any atom is 0.108 e. The molecule has 1 aromatic heterocycles. The van der Waals surface area contributed by atoms with Crippen LogP contribution in [0.5, 0.6) is 0 Å². The van der Waals surface area contributed by atoms with E-state index >= 15 is 0 Å². The lowest BCUT2D eigenvalue weighted by Gasteiger charge is -2.23. The first-order chi connectivity index (χ1) is 6.54. The summed E-state index contributed by atoms with van der Waals surface area (Å²) in [6.45, 7) is 4.05. The molecule has 4 heteroatoms. The third-order valence-electron chi connectivity index (χ3n) is 2.82. The van der Waals surface area contributed by atoms with Gasteiger partial charge in [0.05, 0.1) is 0 Å². The first-order valence-corrected chi connectivity index (χ1v) is 5.37. The Morgan fingerprint density at radius 1 is 1.53 bits per heavy atom. The quantitative estimate of drug-likeness (QED) is 0.836. The predicted octanol–water partition coefficient (Wildman–Crippen LogP) is 2.38. The van der Waals surface area contributed by atoms with Crippen LogP contribution >= 0.6 is 12.4 Å². The molecule has 0 saturated heterocycles. The molecule has 0 amide bonds. The van der Waals surface area contributed by atoms with Gasteiger partial charge in [0.1, 0.15) is 5.82 Å². The molecule has 0 aliphatic heterocycles. The van der Waals surface area contributed by atoms with Gasteiger partial charge in [-0.2, -0.15) is 0 Å². The molecule has 0 unspecified atom stereocenters. The Bertz CT molecular complexity index is 310. The monoisotopic (exact) mass is 229 g/mol. The summed E-state index contributed by atoms with van der Waals surface area (Å²) in [5.41, 5.74) is 7.07. The third-order valence-corrected chi connectivity index (χ3v) is 2.82. The van der Waals surface area contributed by atoms with Crippen LogP contribution in [0.15, 0.2) is 6.20 Å². The topological polar surface area (TPSA) is 54.7 Å². The van der Waals surface area contributed by atoms with Gasteiger partial charge in [0.25, 0.3) is 0 Å². The molecule has 1 aromatic rings. The fourth-order valence-corrected chi connectivity index (χ4v) is 1.83.